The van der Waals surface area contributed by atoms with Crippen molar-refractivity contribution < 1.29 is 9.90 Å². The van der Waals surface area contributed by atoms with Crippen molar-refractivity contribution in [2.75, 3.05) is 18.0 Å². The van der Waals surface area contributed by atoms with Crippen LogP contribution in [0.5, 0.6) is 0 Å². The monoisotopic (exact) mass is 262 g/mol. The number of carboxylic acid groups (broad SMARTS) is 1. The molecular formula is C15H22N2O2. The van der Waals surface area contributed by atoms with Crippen LogP contribution in [0.3, 0.4) is 0 Å². The van der Waals surface area contributed by atoms with Gasteiger partial charge in [-0.05, 0) is 38.7 Å². The minimum atomic E-state index is -0.877. The number of anilines is 1. The average molecular weight is 262 g/mol. The number of hydrogen-bond acceptors (Lipinski definition) is 3. The van der Waals surface area contributed by atoms with Gasteiger partial charge in [0.15, 0.2) is 0 Å². The molecule has 0 bridgehead atoms. The molecule has 104 valence electrons. The molecule has 1 fully saturated rings. The summed E-state index contributed by atoms with van der Waals surface area (Å²) >= 11 is 0. The predicted molar refractivity (Wildman–Crippen MR) is 75.9 cm³/mol. The van der Waals surface area contributed by atoms with Crippen LogP contribution in [0.2, 0.25) is 0 Å². The molecular weight excluding hydrogens is 240 g/mol. The summed E-state index contributed by atoms with van der Waals surface area (Å²) < 4.78 is 0. The lowest BCUT2D eigenvalue weighted by Crippen LogP contribution is -2.34. The van der Waals surface area contributed by atoms with Crippen LogP contribution in [0.15, 0.2) is 6.07 Å². The van der Waals surface area contributed by atoms with Crippen molar-refractivity contribution in [2.45, 2.75) is 40.0 Å². The molecule has 1 saturated heterocycles. The van der Waals surface area contributed by atoms with Gasteiger partial charge in [0.05, 0.1) is 11.4 Å². The highest BCUT2D eigenvalue weighted by Crippen LogP contribution is 2.29. The summed E-state index contributed by atoms with van der Waals surface area (Å²) in [5.41, 5.74) is 2.70. The maximum absolute atomic E-state index is 11.5. The topological polar surface area (TPSA) is 53.4 Å². The SMILES string of the molecule is CCC1CCN(c2cc(C)nc(C)c2C(=O)O)CC1. The molecule has 4 nitrogen and oxygen atoms in total. The molecule has 1 aliphatic heterocycles. The van der Waals surface area contributed by atoms with Crippen molar-refractivity contribution in [3.63, 3.8) is 0 Å². The standard InChI is InChI=1S/C15H22N2O2/c1-4-12-5-7-17(8-6-12)13-9-10(2)16-11(3)14(13)15(18)19/h9,12H,4-8H2,1-3H3,(H,18,19). The summed E-state index contributed by atoms with van der Waals surface area (Å²) in [6.07, 6.45) is 3.51. The van der Waals surface area contributed by atoms with Crippen molar-refractivity contribution in [1.29, 1.82) is 0 Å². The van der Waals surface area contributed by atoms with Crippen LogP contribution < -0.4 is 4.90 Å². The molecule has 0 aromatic carbocycles. The summed E-state index contributed by atoms with van der Waals surface area (Å²) in [4.78, 5) is 17.9. The first kappa shape index (κ1) is 13.8. The van der Waals surface area contributed by atoms with Gasteiger partial charge in [-0.1, -0.05) is 13.3 Å². The Balaban J connectivity index is 2.31. The Hall–Kier alpha value is -1.58. The minimum Gasteiger partial charge on any atom is -0.478 e. The lowest BCUT2D eigenvalue weighted by Gasteiger charge is -2.34. The van der Waals surface area contributed by atoms with Crippen molar-refractivity contribution in [2.24, 2.45) is 5.92 Å². The lowest BCUT2D eigenvalue weighted by molar-refractivity contribution is 0.0696. The Kier molecular flexibility index (Phi) is 4.08. The third-order valence-corrected chi connectivity index (χ3v) is 4.05. The molecule has 19 heavy (non-hydrogen) atoms. The van der Waals surface area contributed by atoms with Gasteiger partial charge in [-0.15, -0.1) is 0 Å². The summed E-state index contributed by atoms with van der Waals surface area (Å²) in [5.74, 6) is -0.0915. The summed E-state index contributed by atoms with van der Waals surface area (Å²) in [6, 6.07) is 1.91. The van der Waals surface area contributed by atoms with E-state index in [2.05, 4.69) is 16.8 Å². The molecule has 0 saturated carbocycles. The smallest absolute Gasteiger partial charge is 0.339 e. The maximum atomic E-state index is 11.5. The van der Waals surface area contributed by atoms with E-state index in [1.807, 2.05) is 13.0 Å². The zero-order valence-corrected chi connectivity index (χ0v) is 11.9. The highest BCUT2D eigenvalue weighted by molar-refractivity contribution is 5.95. The number of aromatic carboxylic acids is 1. The number of carboxylic acids is 1. The summed E-state index contributed by atoms with van der Waals surface area (Å²) in [7, 11) is 0. The number of rotatable bonds is 3. The van der Waals surface area contributed by atoms with Crippen molar-refractivity contribution in [3.8, 4) is 0 Å². The first-order valence-corrected chi connectivity index (χ1v) is 6.99. The van der Waals surface area contributed by atoms with Crippen molar-refractivity contribution >= 4 is 11.7 Å². The van der Waals surface area contributed by atoms with Gasteiger partial charge in [0.2, 0.25) is 0 Å². The Morgan fingerprint density at radius 1 is 1.42 bits per heavy atom. The highest BCUT2D eigenvalue weighted by atomic mass is 16.4. The number of hydrogen-bond donors (Lipinski definition) is 1. The van der Waals surface area contributed by atoms with Crippen LogP contribution in [0, 0.1) is 19.8 Å². The second-order valence-electron chi connectivity index (χ2n) is 5.39. The van der Waals surface area contributed by atoms with E-state index in [0.29, 0.717) is 11.3 Å². The average Bonchev–Trinajstić information content (AvgIpc) is 2.37. The fourth-order valence-corrected chi connectivity index (χ4v) is 2.90. The van der Waals surface area contributed by atoms with Crippen molar-refractivity contribution in [3.05, 3.63) is 23.0 Å². The maximum Gasteiger partial charge on any atom is 0.339 e. The van der Waals surface area contributed by atoms with Gasteiger partial charge >= 0.3 is 5.97 Å². The van der Waals surface area contributed by atoms with E-state index in [9.17, 15) is 9.90 Å². The molecule has 0 spiro atoms. The van der Waals surface area contributed by atoms with E-state index < -0.39 is 5.97 Å². The van der Waals surface area contributed by atoms with E-state index in [4.69, 9.17) is 0 Å². The molecule has 0 unspecified atom stereocenters. The second kappa shape index (κ2) is 5.59. The Labute approximate surface area is 114 Å². The minimum absolute atomic E-state index is 0.362. The number of piperidine rings is 1. The predicted octanol–water partition coefficient (Wildman–Crippen LogP) is 3.02. The van der Waals surface area contributed by atoms with Gasteiger partial charge in [-0.25, -0.2) is 4.79 Å². The van der Waals surface area contributed by atoms with E-state index in [1.54, 1.807) is 6.92 Å². The molecule has 1 aromatic heterocycles. The van der Waals surface area contributed by atoms with Gasteiger partial charge in [0.1, 0.15) is 5.56 Å². The number of aryl methyl sites for hydroxylation is 2. The van der Waals surface area contributed by atoms with Gasteiger partial charge in [-0.2, -0.15) is 0 Å². The Bertz CT molecular complexity index is 477. The molecule has 1 aromatic rings. The molecule has 1 N–H and O–H groups in total. The third-order valence-electron chi connectivity index (χ3n) is 4.05. The fraction of sp³-hybridized carbons (Fsp3) is 0.600. The van der Waals surface area contributed by atoms with Gasteiger partial charge in [0, 0.05) is 18.8 Å². The molecule has 1 aliphatic rings. The molecule has 0 radical (unpaired) electrons. The Morgan fingerprint density at radius 3 is 2.58 bits per heavy atom. The zero-order chi connectivity index (χ0) is 14.0. The third kappa shape index (κ3) is 2.88. The molecule has 2 heterocycles. The number of nitrogens with zero attached hydrogens (tertiary/aromatic N) is 2. The van der Waals surface area contributed by atoms with Gasteiger partial charge < -0.3 is 10.0 Å². The van der Waals surface area contributed by atoms with Gasteiger partial charge in [-0.3, -0.25) is 4.98 Å². The largest absolute Gasteiger partial charge is 0.478 e. The first-order chi connectivity index (χ1) is 9.02. The normalized spacial score (nSPS) is 16.7. The molecule has 0 aliphatic carbocycles. The van der Waals surface area contributed by atoms with E-state index in [1.165, 1.54) is 6.42 Å². The Morgan fingerprint density at radius 2 is 2.05 bits per heavy atom. The van der Waals surface area contributed by atoms with E-state index >= 15 is 0 Å². The van der Waals surface area contributed by atoms with Crippen LogP contribution in [0.25, 0.3) is 0 Å². The first-order valence-electron chi connectivity index (χ1n) is 6.99. The fourth-order valence-electron chi connectivity index (χ4n) is 2.90. The number of aromatic nitrogens is 1. The number of pyridine rings is 1. The van der Waals surface area contributed by atoms with Crippen molar-refractivity contribution in [1.82, 2.24) is 4.98 Å². The van der Waals surface area contributed by atoms with Crippen LogP contribution >= 0.6 is 0 Å². The van der Waals surface area contributed by atoms with Gasteiger partial charge in [0.25, 0.3) is 0 Å². The van der Waals surface area contributed by atoms with E-state index in [0.717, 1.165) is 43.2 Å². The quantitative estimate of drug-likeness (QED) is 0.909. The molecule has 0 atom stereocenters. The second-order valence-corrected chi connectivity index (χ2v) is 5.39. The van der Waals surface area contributed by atoms with Crippen LogP contribution in [-0.4, -0.2) is 29.1 Å². The zero-order valence-electron chi connectivity index (χ0n) is 11.9. The molecule has 2 rings (SSSR count). The van der Waals surface area contributed by atoms with E-state index in [-0.39, 0.29) is 0 Å². The molecule has 4 heteroatoms. The molecule has 0 amide bonds. The summed E-state index contributed by atoms with van der Waals surface area (Å²) in [5, 5.41) is 9.40. The number of carbonyl (C=O) groups is 1. The van der Waals surface area contributed by atoms with Crippen LogP contribution in [-0.2, 0) is 0 Å². The highest BCUT2D eigenvalue weighted by Gasteiger charge is 2.24. The summed E-state index contributed by atoms with van der Waals surface area (Å²) in [6.45, 7) is 7.81. The van der Waals surface area contributed by atoms with Crippen LogP contribution in [0.1, 0.15) is 47.9 Å². The van der Waals surface area contributed by atoms with Crippen LogP contribution in [0.4, 0.5) is 5.69 Å². The lowest BCUT2D eigenvalue weighted by atomic mass is 9.93.